The van der Waals surface area contributed by atoms with Crippen LogP contribution < -0.4 is 9.47 Å². The third-order valence-corrected chi connectivity index (χ3v) is 6.41. The van der Waals surface area contributed by atoms with Gasteiger partial charge in [-0.15, -0.1) is 0 Å². The number of ether oxygens (including phenoxy) is 3. The number of likely N-dealkylation sites (tertiary alicyclic amines) is 1. The van der Waals surface area contributed by atoms with E-state index in [4.69, 9.17) is 14.2 Å². The Kier molecular flexibility index (Phi) is 8.92. The number of aliphatic hydroxyl groups is 1. The van der Waals surface area contributed by atoms with Gasteiger partial charge < -0.3 is 24.2 Å². The van der Waals surface area contributed by atoms with Crippen molar-refractivity contribution in [2.75, 3.05) is 52.6 Å². The Morgan fingerprint density at radius 3 is 2.59 bits per heavy atom. The molecule has 2 aliphatic heterocycles. The lowest BCUT2D eigenvalue weighted by atomic mass is 9.95. The number of hydrogen-bond donors (Lipinski definition) is 1. The molecule has 9 heteroatoms. The lowest BCUT2D eigenvalue weighted by Crippen LogP contribution is -2.39. The lowest BCUT2D eigenvalue weighted by Gasteiger charge is -2.29. The monoisotopic (exact) mass is 507 g/mol. The molecule has 1 unspecified atom stereocenters. The summed E-state index contributed by atoms with van der Waals surface area (Å²) >= 11 is 0. The van der Waals surface area contributed by atoms with Crippen LogP contribution in [0.3, 0.4) is 0 Å². The van der Waals surface area contributed by atoms with Crippen LogP contribution in [0, 0.1) is 0 Å². The highest BCUT2D eigenvalue weighted by molar-refractivity contribution is 6.46. The first-order valence-corrected chi connectivity index (χ1v) is 12.5. The van der Waals surface area contributed by atoms with Gasteiger partial charge in [-0.2, -0.15) is 0 Å². The van der Waals surface area contributed by atoms with E-state index in [1.54, 1.807) is 41.3 Å². The molecule has 1 aromatic heterocycles. The molecule has 1 atom stereocenters. The van der Waals surface area contributed by atoms with Gasteiger partial charge in [0.05, 0.1) is 31.4 Å². The van der Waals surface area contributed by atoms with E-state index >= 15 is 0 Å². The molecule has 0 radical (unpaired) electrons. The zero-order valence-electron chi connectivity index (χ0n) is 21.1. The van der Waals surface area contributed by atoms with Gasteiger partial charge in [0.25, 0.3) is 11.7 Å². The van der Waals surface area contributed by atoms with E-state index in [1.165, 1.54) is 12.4 Å². The molecule has 1 amide bonds. The summed E-state index contributed by atoms with van der Waals surface area (Å²) in [4.78, 5) is 34.3. The van der Waals surface area contributed by atoms with Gasteiger partial charge in [-0.3, -0.25) is 19.5 Å². The minimum absolute atomic E-state index is 0.0461. The number of hydrogen-bond acceptors (Lipinski definition) is 8. The van der Waals surface area contributed by atoms with Crippen LogP contribution in [0.5, 0.6) is 11.5 Å². The van der Waals surface area contributed by atoms with E-state index in [-0.39, 0.29) is 11.3 Å². The van der Waals surface area contributed by atoms with Gasteiger partial charge >= 0.3 is 0 Å². The third kappa shape index (κ3) is 6.00. The van der Waals surface area contributed by atoms with Gasteiger partial charge in [-0.1, -0.05) is 18.7 Å². The number of benzene rings is 1. The standard InChI is InChI=1S/C28H33N3O6/c1-3-16-37-22-7-6-21(19-23(22)36-4-2)25-24(26(32)20-8-10-29-11-9-20)27(33)28(34)31(25)13-5-12-30-14-17-35-18-15-30/h3,6-11,19,25,32H,1,4-5,12-18H2,2H3/b26-24+. The maximum Gasteiger partial charge on any atom is 0.295 e. The van der Waals surface area contributed by atoms with Crippen molar-refractivity contribution < 1.29 is 28.9 Å². The van der Waals surface area contributed by atoms with Gasteiger partial charge in [0.15, 0.2) is 11.5 Å². The summed E-state index contributed by atoms with van der Waals surface area (Å²) in [6.45, 7) is 10.5. The minimum Gasteiger partial charge on any atom is -0.507 e. The molecule has 0 saturated carbocycles. The molecule has 196 valence electrons. The average Bonchev–Trinajstić information content (AvgIpc) is 3.18. The fourth-order valence-electron chi connectivity index (χ4n) is 4.64. The number of carbonyl (C=O) groups is 2. The Bertz CT molecular complexity index is 1140. The van der Waals surface area contributed by atoms with Crippen LogP contribution in [0.15, 0.2) is 61.0 Å². The molecule has 4 rings (SSSR count). The fourth-order valence-corrected chi connectivity index (χ4v) is 4.64. The Morgan fingerprint density at radius 1 is 1.14 bits per heavy atom. The largest absolute Gasteiger partial charge is 0.507 e. The van der Waals surface area contributed by atoms with Crippen molar-refractivity contribution in [3.8, 4) is 11.5 Å². The number of amides is 1. The first kappa shape index (κ1) is 26.4. The smallest absolute Gasteiger partial charge is 0.295 e. The highest BCUT2D eigenvalue weighted by Gasteiger charge is 2.46. The molecule has 37 heavy (non-hydrogen) atoms. The van der Waals surface area contributed by atoms with Gasteiger partial charge in [0.1, 0.15) is 12.4 Å². The summed E-state index contributed by atoms with van der Waals surface area (Å²) in [6, 6.07) is 7.76. The summed E-state index contributed by atoms with van der Waals surface area (Å²) in [6.07, 6.45) is 5.38. The van der Waals surface area contributed by atoms with Crippen LogP contribution in [0.2, 0.25) is 0 Å². The normalized spacial score (nSPS) is 19.7. The number of pyridine rings is 1. The SMILES string of the molecule is C=CCOc1ccc(C2/C(=C(\O)c3ccncc3)C(=O)C(=O)N2CCCN2CCOCC2)cc1OCC. The Labute approximate surface area is 216 Å². The molecule has 1 aromatic carbocycles. The lowest BCUT2D eigenvalue weighted by molar-refractivity contribution is -0.140. The second kappa shape index (κ2) is 12.5. The summed E-state index contributed by atoms with van der Waals surface area (Å²) in [5.41, 5.74) is 1.11. The summed E-state index contributed by atoms with van der Waals surface area (Å²) in [7, 11) is 0. The molecule has 9 nitrogen and oxygen atoms in total. The van der Waals surface area contributed by atoms with E-state index in [0.29, 0.717) is 62.0 Å². The van der Waals surface area contributed by atoms with E-state index in [0.717, 1.165) is 19.6 Å². The zero-order chi connectivity index (χ0) is 26.2. The van der Waals surface area contributed by atoms with Crippen molar-refractivity contribution in [2.24, 2.45) is 0 Å². The van der Waals surface area contributed by atoms with Gasteiger partial charge in [-0.05, 0) is 43.2 Å². The predicted molar refractivity (Wildman–Crippen MR) is 138 cm³/mol. The van der Waals surface area contributed by atoms with Crippen molar-refractivity contribution in [2.45, 2.75) is 19.4 Å². The molecule has 2 aromatic rings. The number of carbonyl (C=O) groups excluding carboxylic acids is 2. The molecule has 0 aliphatic carbocycles. The minimum atomic E-state index is -0.773. The van der Waals surface area contributed by atoms with Gasteiger partial charge in [0, 0.05) is 44.1 Å². The molecule has 2 fully saturated rings. The highest BCUT2D eigenvalue weighted by atomic mass is 16.5. The van der Waals surface area contributed by atoms with E-state index in [2.05, 4.69) is 16.5 Å². The zero-order valence-corrected chi connectivity index (χ0v) is 21.1. The predicted octanol–water partition coefficient (Wildman–Crippen LogP) is 3.19. The quantitative estimate of drug-likeness (QED) is 0.214. The Hall–Kier alpha value is -3.69. The number of rotatable bonds is 11. The summed E-state index contributed by atoms with van der Waals surface area (Å²) in [5, 5.41) is 11.2. The molecular weight excluding hydrogens is 474 g/mol. The van der Waals surface area contributed by atoms with E-state index in [1.807, 2.05) is 6.92 Å². The number of morpholine rings is 1. The van der Waals surface area contributed by atoms with Crippen LogP contribution in [0.4, 0.5) is 0 Å². The Balaban J connectivity index is 1.71. The van der Waals surface area contributed by atoms with Crippen molar-refractivity contribution >= 4 is 17.4 Å². The van der Waals surface area contributed by atoms with E-state index < -0.39 is 17.7 Å². The highest BCUT2D eigenvalue weighted by Crippen LogP contribution is 2.42. The van der Waals surface area contributed by atoms with Crippen LogP contribution >= 0.6 is 0 Å². The first-order valence-electron chi connectivity index (χ1n) is 12.5. The summed E-state index contributed by atoms with van der Waals surface area (Å²) in [5.74, 6) is -0.553. The Morgan fingerprint density at radius 2 is 1.89 bits per heavy atom. The van der Waals surface area contributed by atoms with E-state index in [9.17, 15) is 14.7 Å². The topological polar surface area (TPSA) is 101 Å². The van der Waals surface area contributed by atoms with Crippen molar-refractivity contribution in [1.29, 1.82) is 0 Å². The number of aliphatic hydroxyl groups excluding tert-OH is 1. The number of nitrogens with zero attached hydrogens (tertiary/aromatic N) is 3. The second-order valence-corrected chi connectivity index (χ2v) is 8.77. The maximum atomic E-state index is 13.3. The van der Waals surface area contributed by atoms with Crippen molar-refractivity contribution in [3.05, 3.63) is 72.1 Å². The fraction of sp³-hybridized carbons (Fsp3) is 0.393. The number of ketones is 1. The van der Waals surface area contributed by atoms with Crippen LogP contribution in [0.25, 0.3) is 5.76 Å². The molecule has 1 N–H and O–H groups in total. The number of Topliss-reactive ketones (excluding diaryl/α,β-unsaturated/α-hetero) is 1. The average molecular weight is 508 g/mol. The number of aromatic nitrogens is 1. The van der Waals surface area contributed by atoms with Crippen LogP contribution in [0.1, 0.15) is 30.5 Å². The van der Waals surface area contributed by atoms with Crippen LogP contribution in [-0.2, 0) is 14.3 Å². The molecular formula is C28H33N3O6. The molecule has 0 bridgehead atoms. The first-order chi connectivity index (χ1) is 18.0. The van der Waals surface area contributed by atoms with Crippen molar-refractivity contribution in [1.82, 2.24) is 14.8 Å². The third-order valence-electron chi connectivity index (χ3n) is 6.41. The van der Waals surface area contributed by atoms with Gasteiger partial charge in [-0.25, -0.2) is 0 Å². The summed E-state index contributed by atoms with van der Waals surface area (Å²) < 4.78 is 17.0. The van der Waals surface area contributed by atoms with Crippen molar-refractivity contribution in [3.63, 3.8) is 0 Å². The molecule has 3 heterocycles. The van der Waals surface area contributed by atoms with Crippen LogP contribution in [-0.4, -0.2) is 84.2 Å². The van der Waals surface area contributed by atoms with Gasteiger partial charge in [0.2, 0.25) is 0 Å². The molecule has 0 spiro atoms. The molecule has 2 saturated heterocycles. The maximum absolute atomic E-state index is 13.3. The molecule has 2 aliphatic rings. The second-order valence-electron chi connectivity index (χ2n) is 8.77.